The molecule has 1 atom stereocenters. The van der Waals surface area contributed by atoms with E-state index in [-0.39, 0.29) is 11.8 Å². The fourth-order valence-corrected chi connectivity index (χ4v) is 2.85. The molecular weight excluding hydrogens is 326 g/mol. The fraction of sp³-hybridized carbons (Fsp3) is 0.571. The molecule has 0 aliphatic heterocycles. The van der Waals surface area contributed by atoms with Gasteiger partial charge in [0, 0.05) is 17.1 Å². The maximum Gasteiger partial charge on any atom is 0.156 e. The molecule has 1 aromatic carbocycles. The molecule has 0 bridgehead atoms. The molecule has 1 aromatic rings. The Morgan fingerprint density at radius 3 is 2.21 bits per heavy atom. The summed E-state index contributed by atoms with van der Waals surface area (Å²) in [7, 11) is -3.05. The molecule has 0 amide bonds. The first-order chi connectivity index (χ1) is 8.63. The lowest BCUT2D eigenvalue weighted by molar-refractivity contribution is 0.546. The highest BCUT2D eigenvalue weighted by atomic mass is 79.9. The molecule has 0 aliphatic carbocycles. The van der Waals surface area contributed by atoms with E-state index < -0.39 is 14.6 Å². The number of sulfone groups is 1. The molecule has 0 aliphatic rings. The van der Waals surface area contributed by atoms with Crippen molar-refractivity contribution in [1.82, 2.24) is 5.32 Å². The molecule has 0 fully saturated rings. The molecule has 0 heterocycles. The molecule has 1 N–H and O–H groups in total. The Labute approximate surface area is 124 Å². The summed E-state index contributed by atoms with van der Waals surface area (Å²) >= 11 is 3.40. The summed E-state index contributed by atoms with van der Waals surface area (Å²) in [6.07, 6.45) is 0. The number of hydrogen-bond donors (Lipinski definition) is 1. The van der Waals surface area contributed by atoms with Crippen LogP contribution >= 0.6 is 15.9 Å². The van der Waals surface area contributed by atoms with Crippen LogP contribution in [0.2, 0.25) is 0 Å². The SMILES string of the molecule is CC(NCCS(=O)(=O)C(C)(C)C)c1ccc(Br)cc1. The molecule has 3 nitrogen and oxygen atoms in total. The fourth-order valence-electron chi connectivity index (χ4n) is 1.59. The minimum atomic E-state index is -3.05. The Morgan fingerprint density at radius 1 is 1.21 bits per heavy atom. The van der Waals surface area contributed by atoms with Gasteiger partial charge in [0.05, 0.1) is 10.5 Å². The van der Waals surface area contributed by atoms with E-state index in [0.29, 0.717) is 6.54 Å². The minimum absolute atomic E-state index is 0.142. The van der Waals surface area contributed by atoms with Crippen molar-refractivity contribution in [2.75, 3.05) is 12.3 Å². The van der Waals surface area contributed by atoms with Crippen molar-refractivity contribution >= 4 is 25.8 Å². The van der Waals surface area contributed by atoms with Gasteiger partial charge in [-0.3, -0.25) is 0 Å². The van der Waals surface area contributed by atoms with Gasteiger partial charge in [0.2, 0.25) is 0 Å². The second-order valence-electron chi connectivity index (χ2n) is 5.66. The van der Waals surface area contributed by atoms with Crippen LogP contribution in [0.5, 0.6) is 0 Å². The van der Waals surface area contributed by atoms with Gasteiger partial charge in [-0.05, 0) is 45.4 Å². The van der Waals surface area contributed by atoms with Gasteiger partial charge in [0.25, 0.3) is 0 Å². The first-order valence-corrected chi connectivity index (χ1v) is 8.79. The lowest BCUT2D eigenvalue weighted by atomic mass is 10.1. The van der Waals surface area contributed by atoms with Crippen molar-refractivity contribution in [1.29, 1.82) is 0 Å². The molecule has 0 spiro atoms. The standard InChI is InChI=1S/C14H22BrNO2S/c1-11(12-5-7-13(15)8-6-12)16-9-10-19(17,18)14(2,3)4/h5-8,11,16H,9-10H2,1-4H3. The smallest absolute Gasteiger partial charge is 0.156 e. The van der Waals surface area contributed by atoms with E-state index in [2.05, 4.69) is 21.2 Å². The highest BCUT2D eigenvalue weighted by Gasteiger charge is 2.28. The van der Waals surface area contributed by atoms with Gasteiger partial charge in [-0.25, -0.2) is 8.42 Å². The van der Waals surface area contributed by atoms with Gasteiger partial charge >= 0.3 is 0 Å². The average molecular weight is 348 g/mol. The predicted octanol–water partition coefficient (Wildman–Crippen LogP) is 3.31. The van der Waals surface area contributed by atoms with E-state index in [1.165, 1.54) is 0 Å². The average Bonchev–Trinajstić information content (AvgIpc) is 2.28. The zero-order valence-electron chi connectivity index (χ0n) is 11.9. The third kappa shape index (κ3) is 4.89. The van der Waals surface area contributed by atoms with E-state index in [9.17, 15) is 8.42 Å². The summed E-state index contributed by atoms with van der Waals surface area (Å²) in [6, 6.07) is 8.17. The normalized spacial score (nSPS) is 14.4. The van der Waals surface area contributed by atoms with Gasteiger partial charge in [0.15, 0.2) is 9.84 Å². The molecule has 0 aromatic heterocycles. The van der Waals surface area contributed by atoms with E-state index in [0.717, 1.165) is 10.0 Å². The number of halogens is 1. The topological polar surface area (TPSA) is 46.2 Å². The van der Waals surface area contributed by atoms with Crippen LogP contribution in [0.25, 0.3) is 0 Å². The third-order valence-electron chi connectivity index (χ3n) is 3.12. The van der Waals surface area contributed by atoms with E-state index in [4.69, 9.17) is 0 Å². The van der Waals surface area contributed by atoms with Crippen molar-refractivity contribution in [2.24, 2.45) is 0 Å². The van der Waals surface area contributed by atoms with Crippen LogP contribution in [0.3, 0.4) is 0 Å². The van der Waals surface area contributed by atoms with E-state index >= 15 is 0 Å². The largest absolute Gasteiger partial charge is 0.309 e. The van der Waals surface area contributed by atoms with Gasteiger partial charge in [-0.1, -0.05) is 28.1 Å². The van der Waals surface area contributed by atoms with E-state index in [1.54, 1.807) is 20.8 Å². The lowest BCUT2D eigenvalue weighted by Gasteiger charge is -2.20. The van der Waals surface area contributed by atoms with Gasteiger partial charge in [-0.15, -0.1) is 0 Å². The Balaban J connectivity index is 2.52. The zero-order chi connectivity index (χ0) is 14.7. The van der Waals surface area contributed by atoms with Crippen LogP contribution < -0.4 is 5.32 Å². The Morgan fingerprint density at radius 2 is 1.74 bits per heavy atom. The molecule has 108 valence electrons. The highest BCUT2D eigenvalue weighted by Crippen LogP contribution is 2.18. The maximum absolute atomic E-state index is 12.0. The number of benzene rings is 1. The van der Waals surface area contributed by atoms with Crippen molar-refractivity contribution in [3.05, 3.63) is 34.3 Å². The van der Waals surface area contributed by atoms with Crippen LogP contribution in [0.1, 0.15) is 39.3 Å². The summed E-state index contributed by atoms with van der Waals surface area (Å²) in [5.41, 5.74) is 1.15. The van der Waals surface area contributed by atoms with E-state index in [1.807, 2.05) is 31.2 Å². The molecule has 0 saturated carbocycles. The van der Waals surface area contributed by atoms with Crippen LogP contribution in [0.15, 0.2) is 28.7 Å². The number of hydrogen-bond acceptors (Lipinski definition) is 3. The lowest BCUT2D eigenvalue weighted by Crippen LogP contribution is -2.35. The molecule has 5 heteroatoms. The molecule has 0 radical (unpaired) electrons. The number of rotatable bonds is 5. The van der Waals surface area contributed by atoms with Crippen molar-refractivity contribution < 1.29 is 8.42 Å². The summed E-state index contributed by atoms with van der Waals surface area (Å²) in [4.78, 5) is 0. The van der Waals surface area contributed by atoms with Gasteiger partial charge in [-0.2, -0.15) is 0 Å². The second kappa shape index (κ2) is 6.37. The zero-order valence-corrected chi connectivity index (χ0v) is 14.3. The third-order valence-corrected chi connectivity index (χ3v) is 6.26. The molecule has 1 unspecified atom stereocenters. The molecule has 19 heavy (non-hydrogen) atoms. The molecular formula is C14H22BrNO2S. The van der Waals surface area contributed by atoms with Crippen LogP contribution in [0, 0.1) is 0 Å². The summed E-state index contributed by atoms with van der Waals surface area (Å²) in [5, 5.41) is 3.25. The van der Waals surface area contributed by atoms with Gasteiger partial charge in [0.1, 0.15) is 0 Å². The van der Waals surface area contributed by atoms with Crippen molar-refractivity contribution in [2.45, 2.75) is 38.5 Å². The molecule has 0 saturated heterocycles. The molecule has 1 rings (SSSR count). The predicted molar refractivity (Wildman–Crippen MR) is 84.1 cm³/mol. The summed E-state index contributed by atoms with van der Waals surface area (Å²) in [5.74, 6) is 0.164. The Hall–Kier alpha value is -0.390. The summed E-state index contributed by atoms with van der Waals surface area (Å²) < 4.78 is 24.3. The highest BCUT2D eigenvalue weighted by molar-refractivity contribution is 9.10. The van der Waals surface area contributed by atoms with Crippen LogP contribution in [0.4, 0.5) is 0 Å². The Bertz CT molecular complexity index is 503. The second-order valence-corrected chi connectivity index (χ2v) is 9.44. The Kier molecular flexibility index (Phi) is 5.59. The first kappa shape index (κ1) is 16.7. The van der Waals surface area contributed by atoms with Crippen LogP contribution in [-0.2, 0) is 9.84 Å². The van der Waals surface area contributed by atoms with Crippen molar-refractivity contribution in [3.63, 3.8) is 0 Å². The number of nitrogens with one attached hydrogen (secondary N) is 1. The monoisotopic (exact) mass is 347 g/mol. The van der Waals surface area contributed by atoms with Crippen molar-refractivity contribution in [3.8, 4) is 0 Å². The maximum atomic E-state index is 12.0. The quantitative estimate of drug-likeness (QED) is 0.888. The first-order valence-electron chi connectivity index (χ1n) is 6.34. The minimum Gasteiger partial charge on any atom is -0.309 e. The van der Waals surface area contributed by atoms with Gasteiger partial charge < -0.3 is 5.32 Å². The van der Waals surface area contributed by atoms with Crippen LogP contribution in [-0.4, -0.2) is 25.5 Å². The summed E-state index contributed by atoms with van der Waals surface area (Å²) in [6.45, 7) is 7.71.